The highest BCUT2D eigenvalue weighted by atomic mass is 32.2. The van der Waals surface area contributed by atoms with Gasteiger partial charge >= 0.3 is 5.97 Å². The molecular weight excluding hydrogens is 320 g/mol. The molecule has 0 radical (unpaired) electrons. The normalized spacial score (nSPS) is 15.7. The van der Waals surface area contributed by atoms with Gasteiger partial charge in [0.05, 0.1) is 12.7 Å². The topological polar surface area (TPSA) is 104 Å². The van der Waals surface area contributed by atoms with Crippen LogP contribution in [0.5, 0.6) is 0 Å². The SMILES string of the molecule is CC(C(=O)O)N(C(=O)Cc1cccc(NS(C)(=O)=O)c1)C1CC1. The van der Waals surface area contributed by atoms with Crippen molar-refractivity contribution in [3.05, 3.63) is 29.8 Å². The molecule has 1 aliphatic carbocycles. The molecule has 126 valence electrons. The number of carboxylic acid groups (broad SMARTS) is 1. The summed E-state index contributed by atoms with van der Waals surface area (Å²) in [4.78, 5) is 25.0. The second kappa shape index (κ2) is 6.57. The number of aliphatic carboxylic acids is 1. The van der Waals surface area contributed by atoms with Crippen molar-refractivity contribution in [1.82, 2.24) is 4.90 Å². The molecule has 8 heteroatoms. The summed E-state index contributed by atoms with van der Waals surface area (Å²) in [5, 5.41) is 9.15. The third-order valence-electron chi connectivity index (χ3n) is 3.59. The molecule has 1 aromatic carbocycles. The van der Waals surface area contributed by atoms with Crippen LogP contribution in [-0.2, 0) is 26.0 Å². The first-order valence-corrected chi connectivity index (χ1v) is 9.17. The summed E-state index contributed by atoms with van der Waals surface area (Å²) in [5.74, 6) is -1.29. The van der Waals surface area contributed by atoms with Gasteiger partial charge in [0, 0.05) is 11.7 Å². The number of nitrogens with one attached hydrogen (secondary N) is 1. The highest BCUT2D eigenvalue weighted by Crippen LogP contribution is 2.29. The summed E-state index contributed by atoms with van der Waals surface area (Å²) >= 11 is 0. The lowest BCUT2D eigenvalue weighted by Crippen LogP contribution is -2.45. The van der Waals surface area contributed by atoms with Crippen LogP contribution in [0.15, 0.2) is 24.3 Å². The number of sulfonamides is 1. The zero-order valence-corrected chi connectivity index (χ0v) is 13.8. The van der Waals surface area contributed by atoms with Crippen LogP contribution in [0.1, 0.15) is 25.3 Å². The van der Waals surface area contributed by atoms with Crippen molar-refractivity contribution in [2.75, 3.05) is 11.0 Å². The van der Waals surface area contributed by atoms with Crippen molar-refractivity contribution in [2.45, 2.75) is 38.3 Å². The number of nitrogens with zero attached hydrogens (tertiary/aromatic N) is 1. The summed E-state index contributed by atoms with van der Waals surface area (Å²) in [7, 11) is -3.39. The molecule has 2 rings (SSSR count). The third kappa shape index (κ3) is 4.95. The fraction of sp³-hybridized carbons (Fsp3) is 0.467. The number of hydrogen-bond donors (Lipinski definition) is 2. The van der Waals surface area contributed by atoms with Gasteiger partial charge in [0.25, 0.3) is 0 Å². The molecule has 0 spiro atoms. The Morgan fingerprint density at radius 3 is 2.57 bits per heavy atom. The van der Waals surface area contributed by atoms with E-state index in [-0.39, 0.29) is 18.4 Å². The van der Waals surface area contributed by atoms with Gasteiger partial charge in [-0.05, 0) is 37.5 Å². The quantitative estimate of drug-likeness (QED) is 0.772. The standard InChI is InChI=1S/C15H20N2O5S/c1-10(15(19)20)17(13-6-7-13)14(18)9-11-4-3-5-12(8-11)16-23(2,21)22/h3-5,8,10,13,16H,6-7,9H2,1-2H3,(H,19,20). The summed E-state index contributed by atoms with van der Waals surface area (Å²) in [5.41, 5.74) is 1.01. The highest BCUT2D eigenvalue weighted by molar-refractivity contribution is 7.92. The molecule has 2 N–H and O–H groups in total. The summed E-state index contributed by atoms with van der Waals surface area (Å²) in [6.07, 6.45) is 2.72. The van der Waals surface area contributed by atoms with Crippen LogP contribution in [0.3, 0.4) is 0 Å². The van der Waals surface area contributed by atoms with E-state index in [1.165, 1.54) is 11.8 Å². The van der Waals surface area contributed by atoms with E-state index in [0.29, 0.717) is 11.3 Å². The van der Waals surface area contributed by atoms with Gasteiger partial charge in [0.1, 0.15) is 6.04 Å². The van der Waals surface area contributed by atoms with Crippen LogP contribution >= 0.6 is 0 Å². The van der Waals surface area contributed by atoms with E-state index in [2.05, 4.69) is 4.72 Å². The van der Waals surface area contributed by atoms with E-state index < -0.39 is 22.0 Å². The number of carboxylic acids is 1. The summed E-state index contributed by atoms with van der Waals surface area (Å²) < 4.78 is 24.9. The highest BCUT2D eigenvalue weighted by Gasteiger charge is 2.38. The lowest BCUT2D eigenvalue weighted by atomic mass is 10.1. The smallest absolute Gasteiger partial charge is 0.326 e. The van der Waals surface area contributed by atoms with Crippen molar-refractivity contribution in [3.63, 3.8) is 0 Å². The molecule has 23 heavy (non-hydrogen) atoms. The van der Waals surface area contributed by atoms with Gasteiger partial charge in [-0.15, -0.1) is 0 Å². The van der Waals surface area contributed by atoms with E-state index in [9.17, 15) is 18.0 Å². The Morgan fingerprint density at radius 1 is 1.39 bits per heavy atom. The van der Waals surface area contributed by atoms with Crippen molar-refractivity contribution in [2.24, 2.45) is 0 Å². The molecule has 0 saturated heterocycles. The van der Waals surface area contributed by atoms with Crippen molar-refractivity contribution in [1.29, 1.82) is 0 Å². The molecule has 7 nitrogen and oxygen atoms in total. The van der Waals surface area contributed by atoms with E-state index in [0.717, 1.165) is 19.1 Å². The van der Waals surface area contributed by atoms with Gasteiger partial charge in [0.2, 0.25) is 15.9 Å². The zero-order valence-electron chi connectivity index (χ0n) is 13.0. The minimum absolute atomic E-state index is 0.00840. The number of carbonyl (C=O) groups excluding carboxylic acids is 1. The van der Waals surface area contributed by atoms with Gasteiger partial charge in [0.15, 0.2) is 0 Å². The first-order chi connectivity index (χ1) is 10.7. The Balaban J connectivity index is 2.12. The summed E-state index contributed by atoms with van der Waals surface area (Å²) in [6.45, 7) is 1.50. The first kappa shape index (κ1) is 17.3. The molecule has 0 bridgehead atoms. The van der Waals surface area contributed by atoms with Gasteiger partial charge in [-0.2, -0.15) is 0 Å². The lowest BCUT2D eigenvalue weighted by Gasteiger charge is -2.26. The van der Waals surface area contributed by atoms with Crippen LogP contribution in [0, 0.1) is 0 Å². The number of carbonyl (C=O) groups is 2. The van der Waals surface area contributed by atoms with Crippen LogP contribution in [0.25, 0.3) is 0 Å². The molecule has 1 aromatic rings. The second-order valence-corrected chi connectivity index (χ2v) is 7.55. The number of benzene rings is 1. The largest absolute Gasteiger partial charge is 0.480 e. The molecule has 1 aliphatic rings. The second-order valence-electron chi connectivity index (χ2n) is 5.80. The zero-order chi connectivity index (χ0) is 17.2. The van der Waals surface area contributed by atoms with Crippen LogP contribution in [0.2, 0.25) is 0 Å². The Hall–Kier alpha value is -2.09. The maximum absolute atomic E-state index is 12.5. The predicted octanol–water partition coefficient (Wildman–Crippen LogP) is 1.06. The maximum atomic E-state index is 12.5. The number of rotatable bonds is 7. The van der Waals surface area contributed by atoms with Gasteiger partial charge in [-0.3, -0.25) is 9.52 Å². The lowest BCUT2D eigenvalue weighted by molar-refractivity contribution is -0.149. The molecule has 1 amide bonds. The van der Waals surface area contributed by atoms with Gasteiger partial charge < -0.3 is 10.0 Å². The molecule has 1 fully saturated rings. The molecule has 1 atom stereocenters. The fourth-order valence-electron chi connectivity index (χ4n) is 2.43. The number of hydrogen-bond acceptors (Lipinski definition) is 4. The van der Waals surface area contributed by atoms with E-state index >= 15 is 0 Å². The third-order valence-corrected chi connectivity index (χ3v) is 4.19. The van der Waals surface area contributed by atoms with Crippen LogP contribution in [0.4, 0.5) is 5.69 Å². The number of anilines is 1. The Kier molecular flexibility index (Phi) is 4.93. The minimum Gasteiger partial charge on any atom is -0.480 e. The van der Waals surface area contributed by atoms with Crippen molar-refractivity contribution >= 4 is 27.6 Å². The van der Waals surface area contributed by atoms with Crippen molar-refractivity contribution in [3.8, 4) is 0 Å². The Labute approximate surface area is 135 Å². The van der Waals surface area contributed by atoms with Gasteiger partial charge in [-0.25, -0.2) is 13.2 Å². The number of amides is 1. The van der Waals surface area contributed by atoms with Crippen LogP contribution < -0.4 is 4.72 Å². The molecule has 1 unspecified atom stereocenters. The van der Waals surface area contributed by atoms with Gasteiger partial charge in [-0.1, -0.05) is 12.1 Å². The molecule has 1 saturated carbocycles. The monoisotopic (exact) mass is 340 g/mol. The molecule has 0 aromatic heterocycles. The Morgan fingerprint density at radius 2 is 2.04 bits per heavy atom. The average Bonchev–Trinajstić information content (AvgIpc) is 3.21. The summed E-state index contributed by atoms with van der Waals surface area (Å²) in [6, 6.07) is 5.65. The maximum Gasteiger partial charge on any atom is 0.326 e. The fourth-order valence-corrected chi connectivity index (χ4v) is 2.99. The van der Waals surface area contributed by atoms with E-state index in [4.69, 9.17) is 5.11 Å². The first-order valence-electron chi connectivity index (χ1n) is 7.28. The average molecular weight is 340 g/mol. The molecular formula is C15H20N2O5S. The van der Waals surface area contributed by atoms with Crippen LogP contribution in [-0.4, -0.2) is 48.6 Å². The van der Waals surface area contributed by atoms with E-state index in [1.54, 1.807) is 24.3 Å². The van der Waals surface area contributed by atoms with E-state index in [1.807, 2.05) is 0 Å². The molecule has 0 heterocycles. The van der Waals surface area contributed by atoms with Crippen molar-refractivity contribution < 1.29 is 23.1 Å². The Bertz CT molecular complexity index is 712. The molecule has 0 aliphatic heterocycles. The minimum atomic E-state index is -3.39. The predicted molar refractivity (Wildman–Crippen MR) is 85.6 cm³/mol.